The molecule has 0 saturated heterocycles. The summed E-state index contributed by atoms with van der Waals surface area (Å²) < 4.78 is 38.1. The van der Waals surface area contributed by atoms with Gasteiger partial charge in [0.25, 0.3) is 0 Å². The SMILES string of the molecule is CC(C)SCc1ccc(N)cc1C(F)(F)F. The van der Waals surface area contributed by atoms with Crippen molar-refractivity contribution in [3.8, 4) is 0 Å². The topological polar surface area (TPSA) is 26.0 Å². The third kappa shape index (κ3) is 3.63. The molecule has 0 aliphatic carbocycles. The summed E-state index contributed by atoms with van der Waals surface area (Å²) in [6.45, 7) is 3.91. The van der Waals surface area contributed by atoms with E-state index in [0.717, 1.165) is 6.07 Å². The molecule has 90 valence electrons. The lowest BCUT2D eigenvalue weighted by atomic mass is 10.1. The highest BCUT2D eigenvalue weighted by molar-refractivity contribution is 7.99. The molecule has 0 amide bonds. The van der Waals surface area contributed by atoms with Gasteiger partial charge in [-0.1, -0.05) is 19.9 Å². The van der Waals surface area contributed by atoms with Gasteiger partial charge in [-0.2, -0.15) is 24.9 Å². The molecular weight excluding hydrogens is 235 g/mol. The molecule has 2 N–H and O–H groups in total. The Hall–Kier alpha value is -0.840. The van der Waals surface area contributed by atoms with Crippen LogP contribution in [0.5, 0.6) is 0 Å². The van der Waals surface area contributed by atoms with E-state index in [1.54, 1.807) is 0 Å². The smallest absolute Gasteiger partial charge is 0.399 e. The standard InChI is InChI=1S/C11H14F3NS/c1-7(2)16-6-8-3-4-9(15)5-10(8)11(12,13)14/h3-5,7H,6,15H2,1-2H3. The molecule has 0 heterocycles. The average molecular weight is 249 g/mol. The van der Waals surface area contributed by atoms with E-state index < -0.39 is 11.7 Å². The van der Waals surface area contributed by atoms with E-state index in [1.165, 1.54) is 23.9 Å². The molecule has 0 saturated carbocycles. The summed E-state index contributed by atoms with van der Waals surface area (Å²) in [5.41, 5.74) is 5.19. The van der Waals surface area contributed by atoms with E-state index in [-0.39, 0.29) is 5.69 Å². The van der Waals surface area contributed by atoms with Gasteiger partial charge in [0.2, 0.25) is 0 Å². The lowest BCUT2D eigenvalue weighted by molar-refractivity contribution is -0.138. The van der Waals surface area contributed by atoms with Crippen LogP contribution in [0.1, 0.15) is 25.0 Å². The lowest BCUT2D eigenvalue weighted by Crippen LogP contribution is -2.09. The van der Waals surface area contributed by atoms with E-state index in [1.807, 2.05) is 13.8 Å². The van der Waals surface area contributed by atoms with Crippen molar-refractivity contribution in [2.24, 2.45) is 0 Å². The van der Waals surface area contributed by atoms with Gasteiger partial charge >= 0.3 is 6.18 Å². The maximum Gasteiger partial charge on any atom is 0.416 e. The van der Waals surface area contributed by atoms with Gasteiger partial charge in [-0.25, -0.2) is 0 Å². The number of anilines is 1. The molecule has 1 aromatic rings. The number of alkyl halides is 3. The highest BCUT2D eigenvalue weighted by atomic mass is 32.2. The summed E-state index contributed by atoms with van der Waals surface area (Å²) in [5, 5.41) is 0.304. The Bertz CT molecular complexity index is 361. The first-order chi connectivity index (χ1) is 7.30. The van der Waals surface area contributed by atoms with E-state index in [9.17, 15) is 13.2 Å². The maximum atomic E-state index is 12.7. The predicted molar refractivity (Wildman–Crippen MR) is 62.3 cm³/mol. The van der Waals surface area contributed by atoms with Gasteiger partial charge in [-0.15, -0.1) is 0 Å². The zero-order chi connectivity index (χ0) is 12.3. The Labute approximate surface area is 97.2 Å². The molecule has 5 heteroatoms. The first-order valence-electron chi connectivity index (χ1n) is 4.88. The number of benzene rings is 1. The first-order valence-corrected chi connectivity index (χ1v) is 5.93. The van der Waals surface area contributed by atoms with Gasteiger partial charge < -0.3 is 5.73 Å². The van der Waals surface area contributed by atoms with Crippen LogP contribution in [-0.4, -0.2) is 5.25 Å². The molecule has 0 fully saturated rings. The van der Waals surface area contributed by atoms with Crippen LogP contribution in [0.15, 0.2) is 18.2 Å². The molecule has 16 heavy (non-hydrogen) atoms. The normalized spacial score (nSPS) is 12.1. The molecule has 0 aliphatic rings. The van der Waals surface area contributed by atoms with Gasteiger partial charge in [-0.3, -0.25) is 0 Å². The summed E-state index contributed by atoms with van der Waals surface area (Å²) in [6, 6.07) is 3.95. The third-order valence-corrected chi connectivity index (χ3v) is 3.16. The monoisotopic (exact) mass is 249 g/mol. The molecule has 0 spiro atoms. The minimum Gasteiger partial charge on any atom is -0.399 e. The van der Waals surface area contributed by atoms with Crippen molar-refractivity contribution in [1.29, 1.82) is 0 Å². The van der Waals surface area contributed by atoms with Crippen molar-refractivity contribution in [3.63, 3.8) is 0 Å². The Morgan fingerprint density at radius 3 is 2.44 bits per heavy atom. The van der Waals surface area contributed by atoms with Crippen molar-refractivity contribution >= 4 is 17.4 Å². The van der Waals surface area contributed by atoms with Crippen LogP contribution in [0.25, 0.3) is 0 Å². The van der Waals surface area contributed by atoms with Crippen LogP contribution < -0.4 is 5.73 Å². The quantitative estimate of drug-likeness (QED) is 0.821. The third-order valence-electron chi connectivity index (χ3n) is 2.01. The fourth-order valence-electron chi connectivity index (χ4n) is 1.24. The van der Waals surface area contributed by atoms with Gasteiger partial charge in [0.05, 0.1) is 5.56 Å². The Morgan fingerprint density at radius 2 is 1.94 bits per heavy atom. The highest BCUT2D eigenvalue weighted by Crippen LogP contribution is 2.35. The molecule has 0 radical (unpaired) electrons. The van der Waals surface area contributed by atoms with Crippen LogP contribution >= 0.6 is 11.8 Å². The second-order valence-corrected chi connectivity index (χ2v) is 5.34. The zero-order valence-corrected chi connectivity index (χ0v) is 9.95. The van der Waals surface area contributed by atoms with E-state index in [0.29, 0.717) is 16.6 Å². The molecule has 0 unspecified atom stereocenters. The van der Waals surface area contributed by atoms with Crippen LogP contribution in [-0.2, 0) is 11.9 Å². The number of rotatable bonds is 3. The Balaban J connectivity index is 2.99. The van der Waals surface area contributed by atoms with Crippen molar-refractivity contribution < 1.29 is 13.2 Å². The fourth-order valence-corrected chi connectivity index (χ4v) is 2.00. The van der Waals surface area contributed by atoms with Crippen LogP contribution in [0.2, 0.25) is 0 Å². The summed E-state index contributed by atoms with van der Waals surface area (Å²) in [7, 11) is 0. The number of hydrogen-bond acceptors (Lipinski definition) is 2. The second-order valence-electron chi connectivity index (χ2n) is 3.77. The fraction of sp³-hybridized carbons (Fsp3) is 0.455. The van der Waals surface area contributed by atoms with Crippen LogP contribution in [0.4, 0.5) is 18.9 Å². The number of nitrogens with two attached hydrogens (primary N) is 1. The Kier molecular flexibility index (Phi) is 4.13. The van der Waals surface area contributed by atoms with Gasteiger partial charge in [0, 0.05) is 11.4 Å². The van der Waals surface area contributed by atoms with Crippen LogP contribution in [0, 0.1) is 0 Å². The molecule has 1 nitrogen and oxygen atoms in total. The average Bonchev–Trinajstić information content (AvgIpc) is 2.14. The summed E-state index contributed by atoms with van der Waals surface area (Å²) in [5.74, 6) is 0.354. The van der Waals surface area contributed by atoms with Crippen molar-refractivity contribution in [2.75, 3.05) is 5.73 Å². The Morgan fingerprint density at radius 1 is 1.31 bits per heavy atom. The number of hydrogen-bond donors (Lipinski definition) is 1. The van der Waals surface area contributed by atoms with Crippen molar-refractivity contribution in [2.45, 2.75) is 31.0 Å². The molecule has 0 bridgehead atoms. The molecule has 0 atom stereocenters. The van der Waals surface area contributed by atoms with Crippen molar-refractivity contribution in [3.05, 3.63) is 29.3 Å². The minimum absolute atomic E-state index is 0.144. The predicted octanol–water partition coefficient (Wildman–Crippen LogP) is 3.93. The zero-order valence-electron chi connectivity index (χ0n) is 9.14. The number of nitrogen functional groups attached to an aromatic ring is 1. The molecule has 1 aromatic carbocycles. The second kappa shape index (κ2) is 4.99. The van der Waals surface area contributed by atoms with Gasteiger partial charge in [-0.05, 0) is 22.9 Å². The minimum atomic E-state index is -4.33. The number of halogens is 3. The van der Waals surface area contributed by atoms with E-state index in [4.69, 9.17) is 5.73 Å². The summed E-state index contributed by atoms with van der Waals surface area (Å²) in [6.07, 6.45) is -4.33. The van der Waals surface area contributed by atoms with E-state index >= 15 is 0 Å². The molecule has 0 aromatic heterocycles. The maximum absolute atomic E-state index is 12.7. The largest absolute Gasteiger partial charge is 0.416 e. The lowest BCUT2D eigenvalue weighted by Gasteiger charge is -2.14. The molecular formula is C11H14F3NS. The van der Waals surface area contributed by atoms with Crippen LogP contribution in [0.3, 0.4) is 0 Å². The van der Waals surface area contributed by atoms with Gasteiger partial charge in [0.1, 0.15) is 0 Å². The van der Waals surface area contributed by atoms with Gasteiger partial charge in [0.15, 0.2) is 0 Å². The molecule has 1 rings (SSSR count). The summed E-state index contributed by atoms with van der Waals surface area (Å²) in [4.78, 5) is 0. The van der Waals surface area contributed by atoms with E-state index in [2.05, 4.69) is 0 Å². The summed E-state index contributed by atoms with van der Waals surface area (Å²) >= 11 is 1.48. The highest BCUT2D eigenvalue weighted by Gasteiger charge is 2.33. The van der Waals surface area contributed by atoms with Crippen molar-refractivity contribution in [1.82, 2.24) is 0 Å². The first kappa shape index (κ1) is 13.2. The molecule has 0 aliphatic heterocycles. The number of thioether (sulfide) groups is 1.